The molecule has 3 nitrogen and oxygen atoms in total. The molecular formula is C14H14F3N3. The van der Waals surface area contributed by atoms with Gasteiger partial charge in [0.15, 0.2) is 0 Å². The number of hydrogen-bond donors (Lipinski definition) is 2. The van der Waals surface area contributed by atoms with Crippen molar-refractivity contribution in [2.75, 3.05) is 11.1 Å². The van der Waals surface area contributed by atoms with Crippen LogP contribution in [0.4, 0.5) is 30.4 Å². The van der Waals surface area contributed by atoms with Crippen molar-refractivity contribution in [2.24, 2.45) is 0 Å². The molecule has 20 heavy (non-hydrogen) atoms. The molecule has 1 aromatic heterocycles. The Balaban J connectivity index is 2.38. The number of aromatic nitrogens is 1. The van der Waals surface area contributed by atoms with Crippen molar-refractivity contribution in [1.82, 2.24) is 4.98 Å². The van der Waals surface area contributed by atoms with E-state index < -0.39 is 11.7 Å². The van der Waals surface area contributed by atoms with Gasteiger partial charge in [0, 0.05) is 5.69 Å². The maximum atomic E-state index is 12.7. The highest BCUT2D eigenvalue weighted by atomic mass is 19.4. The third-order valence-electron chi connectivity index (χ3n) is 2.92. The van der Waals surface area contributed by atoms with E-state index in [2.05, 4.69) is 10.3 Å². The predicted molar refractivity (Wildman–Crippen MR) is 72.9 cm³/mol. The average molecular weight is 281 g/mol. The summed E-state index contributed by atoms with van der Waals surface area (Å²) in [5.41, 5.74) is 7.25. The normalized spacial score (nSPS) is 11.4. The standard InChI is InChI=1S/C14H14F3N3/c1-8-3-4-10(14(15,16)17)6-12(8)20-13-9(2)5-11(18)7-19-13/h3-7H,18H2,1-2H3,(H,19,20). The van der Waals surface area contributed by atoms with Crippen LogP contribution in [-0.4, -0.2) is 4.98 Å². The molecular weight excluding hydrogens is 267 g/mol. The number of halogens is 3. The molecule has 3 N–H and O–H groups in total. The van der Waals surface area contributed by atoms with Crippen LogP contribution < -0.4 is 11.1 Å². The third-order valence-corrected chi connectivity index (χ3v) is 2.92. The van der Waals surface area contributed by atoms with Crippen LogP contribution in [0, 0.1) is 13.8 Å². The molecule has 0 aliphatic heterocycles. The average Bonchev–Trinajstić information content (AvgIpc) is 2.33. The molecule has 0 saturated heterocycles. The van der Waals surface area contributed by atoms with Gasteiger partial charge in [-0.1, -0.05) is 6.07 Å². The van der Waals surface area contributed by atoms with Crippen molar-refractivity contribution in [3.8, 4) is 0 Å². The van der Waals surface area contributed by atoms with E-state index in [1.165, 1.54) is 12.3 Å². The summed E-state index contributed by atoms with van der Waals surface area (Å²) in [7, 11) is 0. The lowest BCUT2D eigenvalue weighted by atomic mass is 10.1. The first-order valence-electron chi connectivity index (χ1n) is 5.94. The lowest BCUT2D eigenvalue weighted by molar-refractivity contribution is -0.137. The molecule has 2 aromatic rings. The van der Waals surface area contributed by atoms with E-state index in [9.17, 15) is 13.2 Å². The van der Waals surface area contributed by atoms with Crippen LogP contribution in [0.15, 0.2) is 30.5 Å². The van der Waals surface area contributed by atoms with Crippen molar-refractivity contribution < 1.29 is 13.2 Å². The van der Waals surface area contributed by atoms with E-state index in [1.54, 1.807) is 19.9 Å². The Morgan fingerprint density at radius 3 is 2.40 bits per heavy atom. The van der Waals surface area contributed by atoms with Gasteiger partial charge in [-0.05, 0) is 43.2 Å². The number of alkyl halides is 3. The molecule has 1 aromatic carbocycles. The Labute approximate surface area is 114 Å². The zero-order valence-electron chi connectivity index (χ0n) is 11.0. The van der Waals surface area contributed by atoms with Crippen molar-refractivity contribution in [3.05, 3.63) is 47.2 Å². The van der Waals surface area contributed by atoms with Gasteiger partial charge in [0.2, 0.25) is 0 Å². The van der Waals surface area contributed by atoms with Gasteiger partial charge in [-0.15, -0.1) is 0 Å². The Hall–Kier alpha value is -2.24. The minimum Gasteiger partial charge on any atom is -0.397 e. The zero-order chi connectivity index (χ0) is 14.9. The van der Waals surface area contributed by atoms with Crippen LogP contribution >= 0.6 is 0 Å². The van der Waals surface area contributed by atoms with Gasteiger partial charge < -0.3 is 11.1 Å². The number of nitrogens with two attached hydrogens (primary N) is 1. The minimum absolute atomic E-state index is 0.375. The number of anilines is 3. The highest BCUT2D eigenvalue weighted by Crippen LogP contribution is 2.33. The fraction of sp³-hybridized carbons (Fsp3) is 0.214. The highest BCUT2D eigenvalue weighted by Gasteiger charge is 2.30. The van der Waals surface area contributed by atoms with Crippen molar-refractivity contribution in [1.29, 1.82) is 0 Å². The van der Waals surface area contributed by atoms with Crippen LogP contribution in [0.1, 0.15) is 16.7 Å². The van der Waals surface area contributed by atoms with Gasteiger partial charge in [0.25, 0.3) is 0 Å². The second kappa shape index (κ2) is 5.03. The Morgan fingerprint density at radius 1 is 1.10 bits per heavy atom. The summed E-state index contributed by atoms with van der Waals surface area (Å²) in [6.45, 7) is 3.52. The van der Waals surface area contributed by atoms with Crippen molar-refractivity contribution >= 4 is 17.2 Å². The molecule has 0 aliphatic carbocycles. The summed E-state index contributed by atoms with van der Waals surface area (Å²) in [4.78, 5) is 4.09. The number of nitrogens with one attached hydrogen (secondary N) is 1. The molecule has 0 saturated carbocycles. The largest absolute Gasteiger partial charge is 0.416 e. The molecule has 1 heterocycles. The van der Waals surface area contributed by atoms with Crippen LogP contribution in [-0.2, 0) is 6.18 Å². The van der Waals surface area contributed by atoms with E-state index in [-0.39, 0.29) is 0 Å². The Morgan fingerprint density at radius 2 is 1.80 bits per heavy atom. The highest BCUT2D eigenvalue weighted by molar-refractivity contribution is 5.65. The molecule has 2 rings (SSSR count). The van der Waals surface area contributed by atoms with Crippen LogP contribution in [0.5, 0.6) is 0 Å². The summed E-state index contributed by atoms with van der Waals surface area (Å²) >= 11 is 0. The predicted octanol–water partition coefficient (Wildman–Crippen LogP) is 4.04. The second-order valence-corrected chi connectivity index (χ2v) is 4.59. The molecule has 0 spiro atoms. The Bertz CT molecular complexity index is 636. The molecule has 106 valence electrons. The number of rotatable bonds is 2. The lowest BCUT2D eigenvalue weighted by Gasteiger charge is -2.14. The molecule has 6 heteroatoms. The molecule has 0 fully saturated rings. The maximum Gasteiger partial charge on any atom is 0.416 e. The number of pyridine rings is 1. The molecule has 0 bridgehead atoms. The number of hydrogen-bond acceptors (Lipinski definition) is 3. The van der Waals surface area contributed by atoms with Crippen LogP contribution in [0.2, 0.25) is 0 Å². The first-order valence-corrected chi connectivity index (χ1v) is 5.94. The molecule has 0 aliphatic rings. The number of aryl methyl sites for hydroxylation is 2. The zero-order valence-corrected chi connectivity index (χ0v) is 11.0. The monoisotopic (exact) mass is 281 g/mol. The summed E-state index contributed by atoms with van der Waals surface area (Å²) in [6.07, 6.45) is -2.91. The number of nitrogen functional groups attached to an aromatic ring is 1. The van der Waals surface area contributed by atoms with Gasteiger partial charge >= 0.3 is 6.18 Å². The maximum absolute atomic E-state index is 12.7. The molecule has 0 atom stereocenters. The first-order chi connectivity index (χ1) is 9.27. The van der Waals surface area contributed by atoms with Crippen LogP contribution in [0.25, 0.3) is 0 Å². The summed E-state index contributed by atoms with van der Waals surface area (Å²) < 4.78 is 38.1. The van der Waals surface area contributed by atoms with Gasteiger partial charge in [-0.25, -0.2) is 4.98 Å². The van der Waals surface area contributed by atoms with Gasteiger partial charge in [0.1, 0.15) is 5.82 Å². The van der Waals surface area contributed by atoms with Gasteiger partial charge in [-0.3, -0.25) is 0 Å². The van der Waals surface area contributed by atoms with E-state index in [1.807, 2.05) is 0 Å². The van der Waals surface area contributed by atoms with Crippen molar-refractivity contribution in [2.45, 2.75) is 20.0 Å². The summed E-state index contributed by atoms with van der Waals surface area (Å²) in [5, 5.41) is 2.91. The molecule has 0 radical (unpaired) electrons. The Kier molecular flexibility index (Phi) is 3.57. The van der Waals surface area contributed by atoms with Gasteiger partial charge in [0.05, 0.1) is 17.4 Å². The fourth-order valence-corrected chi connectivity index (χ4v) is 1.79. The topological polar surface area (TPSA) is 50.9 Å². The minimum atomic E-state index is -4.37. The quantitative estimate of drug-likeness (QED) is 0.873. The van der Waals surface area contributed by atoms with Crippen molar-refractivity contribution in [3.63, 3.8) is 0 Å². The summed E-state index contributed by atoms with van der Waals surface area (Å²) in [5.74, 6) is 0.488. The van der Waals surface area contributed by atoms with Crippen LogP contribution in [0.3, 0.4) is 0 Å². The number of nitrogens with zero attached hydrogens (tertiary/aromatic N) is 1. The smallest absolute Gasteiger partial charge is 0.397 e. The third kappa shape index (κ3) is 3.01. The van der Waals surface area contributed by atoms with E-state index >= 15 is 0 Å². The number of benzene rings is 1. The first kappa shape index (κ1) is 14.2. The second-order valence-electron chi connectivity index (χ2n) is 4.59. The fourth-order valence-electron chi connectivity index (χ4n) is 1.79. The SMILES string of the molecule is Cc1ccc(C(F)(F)F)cc1Nc1ncc(N)cc1C. The van der Waals surface area contributed by atoms with E-state index in [0.717, 1.165) is 17.7 Å². The molecule has 0 amide bonds. The summed E-state index contributed by atoms with van der Waals surface area (Å²) in [6, 6.07) is 5.27. The van der Waals surface area contributed by atoms with Gasteiger partial charge in [-0.2, -0.15) is 13.2 Å². The van der Waals surface area contributed by atoms with E-state index in [0.29, 0.717) is 22.8 Å². The molecule has 0 unspecified atom stereocenters. The van der Waals surface area contributed by atoms with E-state index in [4.69, 9.17) is 5.73 Å². The lowest BCUT2D eigenvalue weighted by Crippen LogP contribution is -2.07.